The summed E-state index contributed by atoms with van der Waals surface area (Å²) in [7, 11) is 0. The summed E-state index contributed by atoms with van der Waals surface area (Å²) in [6.45, 7) is 5.27. The SMILES string of the molecule is CCCOc1ccc(C)cc1C(N)CN. The van der Waals surface area contributed by atoms with Gasteiger partial charge in [0.25, 0.3) is 0 Å². The van der Waals surface area contributed by atoms with Crippen molar-refractivity contribution in [3.05, 3.63) is 29.3 Å². The lowest BCUT2D eigenvalue weighted by Crippen LogP contribution is -2.21. The smallest absolute Gasteiger partial charge is 0.124 e. The van der Waals surface area contributed by atoms with Crippen LogP contribution in [-0.4, -0.2) is 13.2 Å². The second kappa shape index (κ2) is 5.73. The van der Waals surface area contributed by atoms with Gasteiger partial charge in [-0.15, -0.1) is 0 Å². The van der Waals surface area contributed by atoms with Gasteiger partial charge in [0.05, 0.1) is 6.61 Å². The molecule has 0 heterocycles. The molecule has 4 N–H and O–H groups in total. The fourth-order valence-corrected chi connectivity index (χ4v) is 1.43. The number of nitrogens with two attached hydrogens (primary N) is 2. The molecule has 0 aliphatic heterocycles. The Bertz CT molecular complexity index is 312. The molecular weight excluding hydrogens is 188 g/mol. The van der Waals surface area contributed by atoms with Crippen LogP contribution in [0.2, 0.25) is 0 Å². The third kappa shape index (κ3) is 3.22. The van der Waals surface area contributed by atoms with Crippen LogP contribution in [0.4, 0.5) is 0 Å². The Kier molecular flexibility index (Phi) is 4.59. The number of hydrogen-bond acceptors (Lipinski definition) is 3. The summed E-state index contributed by atoms with van der Waals surface area (Å²) in [5.41, 5.74) is 13.7. The highest BCUT2D eigenvalue weighted by Gasteiger charge is 2.10. The summed E-state index contributed by atoms with van der Waals surface area (Å²) in [5.74, 6) is 0.861. The first-order chi connectivity index (χ1) is 7.19. The van der Waals surface area contributed by atoms with Gasteiger partial charge in [0, 0.05) is 18.2 Å². The molecule has 1 atom stereocenters. The largest absolute Gasteiger partial charge is 0.493 e. The van der Waals surface area contributed by atoms with Gasteiger partial charge >= 0.3 is 0 Å². The molecule has 3 heteroatoms. The van der Waals surface area contributed by atoms with Gasteiger partial charge in [0.1, 0.15) is 5.75 Å². The molecule has 0 fully saturated rings. The van der Waals surface area contributed by atoms with Gasteiger partial charge in [-0.2, -0.15) is 0 Å². The van der Waals surface area contributed by atoms with Gasteiger partial charge < -0.3 is 16.2 Å². The van der Waals surface area contributed by atoms with Gasteiger partial charge in [0.2, 0.25) is 0 Å². The Hall–Kier alpha value is -1.06. The zero-order valence-corrected chi connectivity index (χ0v) is 9.49. The summed E-state index contributed by atoms with van der Waals surface area (Å²) in [6, 6.07) is 5.90. The maximum Gasteiger partial charge on any atom is 0.124 e. The first-order valence-electron chi connectivity index (χ1n) is 5.38. The van der Waals surface area contributed by atoms with Crippen LogP contribution >= 0.6 is 0 Å². The Balaban J connectivity index is 2.92. The predicted octanol–water partition coefficient (Wildman–Crippen LogP) is 1.74. The minimum absolute atomic E-state index is 0.142. The summed E-state index contributed by atoms with van der Waals surface area (Å²) in [4.78, 5) is 0. The van der Waals surface area contributed by atoms with Crippen LogP contribution in [-0.2, 0) is 0 Å². The van der Waals surface area contributed by atoms with Crippen molar-refractivity contribution >= 4 is 0 Å². The highest BCUT2D eigenvalue weighted by Crippen LogP contribution is 2.24. The second-order valence-electron chi connectivity index (χ2n) is 3.73. The number of benzene rings is 1. The van der Waals surface area contributed by atoms with Crippen molar-refractivity contribution in [1.82, 2.24) is 0 Å². The van der Waals surface area contributed by atoms with E-state index in [1.807, 2.05) is 25.1 Å². The van der Waals surface area contributed by atoms with Gasteiger partial charge in [-0.3, -0.25) is 0 Å². The molecule has 0 aromatic heterocycles. The van der Waals surface area contributed by atoms with E-state index in [-0.39, 0.29) is 6.04 Å². The third-order valence-electron chi connectivity index (χ3n) is 2.28. The van der Waals surface area contributed by atoms with Crippen LogP contribution < -0.4 is 16.2 Å². The number of hydrogen-bond donors (Lipinski definition) is 2. The molecule has 0 aliphatic carbocycles. The van der Waals surface area contributed by atoms with Gasteiger partial charge in [-0.25, -0.2) is 0 Å². The molecule has 0 radical (unpaired) electrons. The van der Waals surface area contributed by atoms with Crippen LogP contribution in [0.25, 0.3) is 0 Å². The fraction of sp³-hybridized carbons (Fsp3) is 0.500. The second-order valence-corrected chi connectivity index (χ2v) is 3.73. The summed E-state index contributed by atoms with van der Waals surface area (Å²) in [5, 5.41) is 0. The molecule has 0 saturated carbocycles. The molecule has 0 bridgehead atoms. The zero-order chi connectivity index (χ0) is 11.3. The lowest BCUT2D eigenvalue weighted by atomic mass is 10.0. The molecule has 0 saturated heterocycles. The predicted molar refractivity (Wildman–Crippen MR) is 62.9 cm³/mol. The summed E-state index contributed by atoms with van der Waals surface area (Å²) < 4.78 is 5.63. The Morgan fingerprint density at radius 1 is 1.40 bits per heavy atom. The average Bonchev–Trinajstić information content (AvgIpc) is 2.26. The lowest BCUT2D eigenvalue weighted by Gasteiger charge is -2.16. The summed E-state index contributed by atoms with van der Waals surface area (Å²) >= 11 is 0. The molecular formula is C12H20N2O. The molecule has 1 aromatic rings. The van der Waals surface area contributed by atoms with E-state index in [2.05, 4.69) is 6.92 Å². The van der Waals surface area contributed by atoms with Crippen molar-refractivity contribution in [3.8, 4) is 5.75 Å². The molecule has 84 valence electrons. The normalized spacial score (nSPS) is 12.5. The molecule has 0 aliphatic rings. The fourth-order valence-electron chi connectivity index (χ4n) is 1.43. The molecule has 1 aromatic carbocycles. The van der Waals surface area contributed by atoms with E-state index in [1.165, 1.54) is 5.56 Å². The Morgan fingerprint density at radius 2 is 2.13 bits per heavy atom. The van der Waals surface area contributed by atoms with Gasteiger partial charge in [-0.05, 0) is 19.4 Å². The Morgan fingerprint density at radius 3 is 2.73 bits per heavy atom. The maximum atomic E-state index is 5.93. The van der Waals surface area contributed by atoms with Crippen LogP contribution in [0.5, 0.6) is 5.75 Å². The monoisotopic (exact) mass is 208 g/mol. The van der Waals surface area contributed by atoms with E-state index in [4.69, 9.17) is 16.2 Å². The first kappa shape index (κ1) is 12.0. The minimum Gasteiger partial charge on any atom is -0.493 e. The van der Waals surface area contributed by atoms with E-state index in [0.29, 0.717) is 13.2 Å². The molecule has 0 amide bonds. The quantitative estimate of drug-likeness (QED) is 0.774. The van der Waals surface area contributed by atoms with Crippen molar-refractivity contribution in [2.75, 3.05) is 13.2 Å². The van der Waals surface area contributed by atoms with Crippen LogP contribution in [0.15, 0.2) is 18.2 Å². The first-order valence-corrected chi connectivity index (χ1v) is 5.38. The van der Waals surface area contributed by atoms with E-state index in [0.717, 1.165) is 17.7 Å². The van der Waals surface area contributed by atoms with Crippen LogP contribution in [0.1, 0.15) is 30.5 Å². The molecule has 1 rings (SSSR count). The molecule has 0 spiro atoms. The highest BCUT2D eigenvalue weighted by molar-refractivity contribution is 5.39. The van der Waals surface area contributed by atoms with E-state index in [1.54, 1.807) is 0 Å². The Labute approximate surface area is 91.4 Å². The van der Waals surface area contributed by atoms with Crippen LogP contribution in [0.3, 0.4) is 0 Å². The molecule has 1 unspecified atom stereocenters. The number of ether oxygens (including phenoxy) is 1. The molecule has 3 nitrogen and oxygen atoms in total. The van der Waals surface area contributed by atoms with E-state index >= 15 is 0 Å². The highest BCUT2D eigenvalue weighted by atomic mass is 16.5. The van der Waals surface area contributed by atoms with E-state index < -0.39 is 0 Å². The average molecular weight is 208 g/mol. The third-order valence-corrected chi connectivity index (χ3v) is 2.28. The summed E-state index contributed by atoms with van der Waals surface area (Å²) in [6.07, 6.45) is 0.991. The van der Waals surface area contributed by atoms with Crippen molar-refractivity contribution in [3.63, 3.8) is 0 Å². The van der Waals surface area contributed by atoms with Crippen molar-refractivity contribution in [1.29, 1.82) is 0 Å². The van der Waals surface area contributed by atoms with Gasteiger partial charge in [-0.1, -0.05) is 24.6 Å². The molecule has 15 heavy (non-hydrogen) atoms. The lowest BCUT2D eigenvalue weighted by molar-refractivity contribution is 0.312. The van der Waals surface area contributed by atoms with E-state index in [9.17, 15) is 0 Å². The van der Waals surface area contributed by atoms with Crippen molar-refractivity contribution in [2.24, 2.45) is 11.5 Å². The van der Waals surface area contributed by atoms with Crippen LogP contribution in [0, 0.1) is 6.92 Å². The van der Waals surface area contributed by atoms with Gasteiger partial charge in [0.15, 0.2) is 0 Å². The maximum absolute atomic E-state index is 5.93. The minimum atomic E-state index is -0.142. The standard InChI is InChI=1S/C12H20N2O/c1-3-6-15-12-5-4-9(2)7-10(12)11(14)8-13/h4-5,7,11H,3,6,8,13-14H2,1-2H3. The number of aryl methyl sites for hydroxylation is 1. The van der Waals surface area contributed by atoms with Crippen molar-refractivity contribution < 1.29 is 4.74 Å². The van der Waals surface area contributed by atoms with Crippen molar-refractivity contribution in [2.45, 2.75) is 26.3 Å². The topological polar surface area (TPSA) is 61.3 Å². The number of rotatable bonds is 5. The zero-order valence-electron chi connectivity index (χ0n) is 9.49.